The van der Waals surface area contributed by atoms with E-state index in [0.29, 0.717) is 17.7 Å². The third-order valence-corrected chi connectivity index (χ3v) is 4.30. The average molecular weight is 328 g/mol. The second-order valence-electron chi connectivity index (χ2n) is 6.74. The van der Waals surface area contributed by atoms with E-state index < -0.39 is 12.0 Å². The van der Waals surface area contributed by atoms with E-state index in [0.717, 1.165) is 0 Å². The summed E-state index contributed by atoms with van der Waals surface area (Å²) in [6, 6.07) is 1.40. The molecule has 0 fully saturated rings. The van der Waals surface area contributed by atoms with E-state index in [9.17, 15) is 19.5 Å². The Bertz CT molecular complexity index is 887. The zero-order valence-corrected chi connectivity index (χ0v) is 14.1. The van der Waals surface area contributed by atoms with Crippen LogP contribution in [0.25, 0.3) is 0 Å². The predicted octanol–water partition coefficient (Wildman–Crippen LogP) is 1.31. The molecule has 1 atom stereocenters. The van der Waals surface area contributed by atoms with Crippen molar-refractivity contribution in [2.45, 2.75) is 40.5 Å². The van der Waals surface area contributed by atoms with Crippen molar-refractivity contribution in [2.75, 3.05) is 0 Å². The maximum atomic E-state index is 13.0. The van der Waals surface area contributed by atoms with Gasteiger partial charge >= 0.3 is 0 Å². The van der Waals surface area contributed by atoms with Crippen molar-refractivity contribution in [3.05, 3.63) is 56.2 Å². The number of pyridine rings is 1. The van der Waals surface area contributed by atoms with Crippen molar-refractivity contribution in [3.8, 4) is 0 Å². The highest BCUT2D eigenvalue weighted by Gasteiger charge is 2.39. The third-order valence-electron chi connectivity index (χ3n) is 4.30. The van der Waals surface area contributed by atoms with Crippen LogP contribution in [0.1, 0.15) is 47.2 Å². The van der Waals surface area contributed by atoms with Gasteiger partial charge in [0, 0.05) is 12.6 Å². The van der Waals surface area contributed by atoms with Crippen LogP contribution in [0.2, 0.25) is 0 Å². The Hall–Kier alpha value is -2.47. The monoisotopic (exact) mass is 328 g/mol. The smallest absolute Gasteiger partial charge is 0.251 e. The zero-order chi connectivity index (χ0) is 17.8. The number of dihydropyridines is 1. The number of fused-ring (bicyclic) bond motifs is 1. The number of rotatable bonds is 2. The van der Waals surface area contributed by atoms with E-state index in [-0.39, 0.29) is 39.8 Å². The van der Waals surface area contributed by atoms with Crippen molar-refractivity contribution in [3.63, 3.8) is 0 Å². The number of carbonyl (C=O) groups is 2. The molecule has 24 heavy (non-hydrogen) atoms. The van der Waals surface area contributed by atoms with Gasteiger partial charge < -0.3 is 15.0 Å². The molecule has 0 aromatic carbocycles. The van der Waals surface area contributed by atoms with E-state index in [1.807, 2.05) is 13.8 Å². The summed E-state index contributed by atoms with van der Waals surface area (Å²) in [6.07, 6.45) is 0.464. The molecule has 1 aliphatic carbocycles. The van der Waals surface area contributed by atoms with E-state index in [1.54, 1.807) is 13.8 Å². The first kappa shape index (κ1) is 16.4. The summed E-state index contributed by atoms with van der Waals surface area (Å²) >= 11 is 0. The summed E-state index contributed by atoms with van der Waals surface area (Å²) < 4.78 is 1.37. The topological polar surface area (TPSA) is 88.4 Å². The van der Waals surface area contributed by atoms with Gasteiger partial charge in [0.25, 0.3) is 5.56 Å². The minimum absolute atomic E-state index is 0.0718. The van der Waals surface area contributed by atoms with Crippen LogP contribution in [0.4, 0.5) is 0 Å². The van der Waals surface area contributed by atoms with Gasteiger partial charge in [0.2, 0.25) is 5.78 Å². The van der Waals surface area contributed by atoms with Gasteiger partial charge in [0.15, 0.2) is 5.78 Å². The maximum absolute atomic E-state index is 13.0. The Labute approximate surface area is 139 Å². The van der Waals surface area contributed by atoms with Crippen LogP contribution in [0, 0.1) is 12.8 Å². The van der Waals surface area contributed by atoms with Crippen molar-refractivity contribution in [2.24, 2.45) is 5.92 Å². The van der Waals surface area contributed by atoms with Crippen LogP contribution in [0.3, 0.4) is 0 Å². The highest BCUT2D eigenvalue weighted by atomic mass is 16.3. The number of ketones is 2. The Morgan fingerprint density at radius 2 is 1.88 bits per heavy atom. The van der Waals surface area contributed by atoms with Gasteiger partial charge in [-0.05, 0) is 37.0 Å². The fourth-order valence-electron chi connectivity index (χ4n) is 3.33. The number of aliphatic hydroxyl groups is 1. The molecule has 0 amide bonds. The van der Waals surface area contributed by atoms with Gasteiger partial charge in [-0.2, -0.15) is 0 Å². The number of carbonyl (C=O) groups excluding carboxylic acids is 2. The maximum Gasteiger partial charge on any atom is 0.251 e. The summed E-state index contributed by atoms with van der Waals surface area (Å²) in [4.78, 5) is 38.4. The first-order valence-corrected chi connectivity index (χ1v) is 7.93. The summed E-state index contributed by atoms with van der Waals surface area (Å²) in [5.74, 6) is -0.574. The van der Waals surface area contributed by atoms with Crippen LogP contribution in [-0.4, -0.2) is 27.5 Å². The molecule has 1 aliphatic heterocycles. The zero-order valence-electron chi connectivity index (χ0n) is 14.1. The van der Waals surface area contributed by atoms with Crippen molar-refractivity contribution in [1.29, 1.82) is 0 Å². The lowest BCUT2D eigenvalue weighted by Gasteiger charge is -2.30. The minimum Gasteiger partial charge on any atom is -0.370 e. The number of hydrogen-bond donors (Lipinski definition) is 2. The Morgan fingerprint density at radius 1 is 1.21 bits per heavy atom. The molecule has 2 heterocycles. The lowest BCUT2D eigenvalue weighted by atomic mass is 9.83. The minimum atomic E-state index is -1.03. The van der Waals surface area contributed by atoms with Gasteiger partial charge in [-0.1, -0.05) is 13.8 Å². The number of hydrogen-bond acceptors (Lipinski definition) is 5. The quantitative estimate of drug-likeness (QED) is 0.855. The fraction of sp³-hybridized carbons (Fsp3) is 0.389. The van der Waals surface area contributed by atoms with Gasteiger partial charge in [-0.25, -0.2) is 0 Å². The summed E-state index contributed by atoms with van der Waals surface area (Å²) in [6.45, 7) is 7.58. The van der Waals surface area contributed by atoms with Crippen LogP contribution < -0.4 is 10.9 Å². The summed E-state index contributed by atoms with van der Waals surface area (Å²) in [5.41, 5.74) is 1.50. The Kier molecular flexibility index (Phi) is 3.80. The standard InChI is InChI=1S/C18H20N2O4/c1-8(2)7-20-12(22)6-10(4)14-16(20)18(24)15-13(17(14)23)9(3)5-11(21)19-15/h5-6,8,11,19,21H,7H2,1-4H3. The van der Waals surface area contributed by atoms with Crippen LogP contribution >= 0.6 is 0 Å². The lowest BCUT2D eigenvalue weighted by molar-refractivity contribution is 0.0939. The molecular formula is C18H20N2O4. The van der Waals surface area contributed by atoms with Crippen molar-refractivity contribution in [1.82, 2.24) is 9.88 Å². The number of nitrogens with one attached hydrogen (secondary N) is 1. The molecule has 1 unspecified atom stereocenters. The van der Waals surface area contributed by atoms with Gasteiger partial charge in [-0.15, -0.1) is 0 Å². The molecule has 2 N–H and O–H groups in total. The molecular weight excluding hydrogens is 308 g/mol. The van der Waals surface area contributed by atoms with Gasteiger partial charge in [0.05, 0.1) is 16.8 Å². The lowest BCUT2D eigenvalue weighted by Crippen LogP contribution is -2.42. The predicted molar refractivity (Wildman–Crippen MR) is 88.9 cm³/mol. The third kappa shape index (κ3) is 2.34. The summed E-state index contributed by atoms with van der Waals surface area (Å²) in [5, 5.41) is 12.5. The van der Waals surface area contributed by atoms with E-state index in [4.69, 9.17) is 0 Å². The van der Waals surface area contributed by atoms with Crippen LogP contribution in [0.5, 0.6) is 0 Å². The van der Waals surface area contributed by atoms with Crippen molar-refractivity contribution < 1.29 is 14.7 Å². The molecule has 3 rings (SSSR count). The van der Waals surface area contributed by atoms with E-state index >= 15 is 0 Å². The normalized spacial score (nSPS) is 19.9. The molecule has 0 radical (unpaired) electrons. The molecule has 126 valence electrons. The molecule has 0 spiro atoms. The summed E-state index contributed by atoms with van der Waals surface area (Å²) in [7, 11) is 0. The fourth-order valence-corrected chi connectivity index (χ4v) is 3.33. The molecule has 1 aromatic rings. The van der Waals surface area contributed by atoms with E-state index in [2.05, 4.69) is 5.32 Å². The Morgan fingerprint density at radius 3 is 2.50 bits per heavy atom. The number of allylic oxidation sites excluding steroid dienone is 3. The molecule has 2 aliphatic rings. The van der Waals surface area contributed by atoms with E-state index in [1.165, 1.54) is 16.7 Å². The molecule has 6 heteroatoms. The second-order valence-corrected chi connectivity index (χ2v) is 6.74. The Balaban J connectivity index is 2.32. The molecule has 1 aromatic heterocycles. The largest absolute Gasteiger partial charge is 0.370 e. The molecule has 0 saturated carbocycles. The van der Waals surface area contributed by atoms with Gasteiger partial charge in [0.1, 0.15) is 11.9 Å². The molecule has 6 nitrogen and oxygen atoms in total. The number of aliphatic hydroxyl groups excluding tert-OH is 1. The van der Waals surface area contributed by atoms with Crippen LogP contribution in [0.15, 0.2) is 33.8 Å². The average Bonchev–Trinajstić information content (AvgIpc) is 2.46. The highest BCUT2D eigenvalue weighted by molar-refractivity contribution is 6.28. The first-order valence-electron chi connectivity index (χ1n) is 7.93. The molecule has 0 bridgehead atoms. The number of aromatic nitrogens is 1. The number of Topliss-reactive ketones (excluding diaryl/α,β-unsaturated/α-hetero) is 2. The van der Waals surface area contributed by atoms with Crippen LogP contribution in [-0.2, 0) is 6.54 Å². The van der Waals surface area contributed by atoms with Gasteiger partial charge in [-0.3, -0.25) is 14.4 Å². The number of nitrogens with zero attached hydrogens (tertiary/aromatic N) is 1. The molecule has 0 saturated heterocycles. The SMILES string of the molecule is CC1=CC(O)NC2=C1C(=O)c1c(C)cc(=O)n(CC(C)C)c1C2=O. The van der Waals surface area contributed by atoms with Crippen molar-refractivity contribution >= 4 is 11.6 Å². The first-order chi connectivity index (χ1) is 11.2. The highest BCUT2D eigenvalue weighted by Crippen LogP contribution is 2.32. The number of aryl methyl sites for hydroxylation is 1. The second kappa shape index (κ2) is 5.56.